The van der Waals surface area contributed by atoms with Crippen molar-refractivity contribution >= 4 is 5.91 Å². The third-order valence-electron chi connectivity index (χ3n) is 4.03. The van der Waals surface area contributed by atoms with Crippen LogP contribution in [0.15, 0.2) is 18.2 Å². The first-order chi connectivity index (χ1) is 10.1. The zero-order valence-corrected chi connectivity index (χ0v) is 11.9. The van der Waals surface area contributed by atoms with Crippen molar-refractivity contribution in [1.82, 2.24) is 5.32 Å². The summed E-state index contributed by atoms with van der Waals surface area (Å²) < 4.78 is 0. The van der Waals surface area contributed by atoms with Gasteiger partial charge in [0.15, 0.2) is 11.5 Å². The number of hydrogen-bond acceptors (Lipinski definition) is 4. The van der Waals surface area contributed by atoms with E-state index in [4.69, 9.17) is 0 Å². The zero-order chi connectivity index (χ0) is 15.3. The number of benzene rings is 1. The smallest absolute Gasteiger partial charge is 0.256 e. The van der Waals surface area contributed by atoms with Crippen LogP contribution in [-0.4, -0.2) is 21.7 Å². The number of rotatable bonds is 2. The van der Waals surface area contributed by atoms with Gasteiger partial charge in [-0.2, -0.15) is 5.26 Å². The minimum atomic E-state index is -0.880. The second kappa shape index (κ2) is 6.49. The normalized spacial score (nSPS) is 18.0. The van der Waals surface area contributed by atoms with Crippen LogP contribution in [0.25, 0.3) is 0 Å². The van der Waals surface area contributed by atoms with E-state index in [1.807, 2.05) is 0 Å². The van der Waals surface area contributed by atoms with E-state index in [1.54, 1.807) is 0 Å². The Bertz CT molecular complexity index is 555. The van der Waals surface area contributed by atoms with Crippen LogP contribution in [-0.2, 0) is 0 Å². The van der Waals surface area contributed by atoms with E-state index in [0.29, 0.717) is 12.8 Å². The third kappa shape index (κ3) is 3.46. The van der Waals surface area contributed by atoms with Gasteiger partial charge in [-0.15, -0.1) is 0 Å². The van der Waals surface area contributed by atoms with Crippen molar-refractivity contribution < 1.29 is 15.0 Å². The highest BCUT2D eigenvalue weighted by atomic mass is 16.3. The quantitative estimate of drug-likeness (QED) is 0.729. The van der Waals surface area contributed by atoms with Gasteiger partial charge >= 0.3 is 0 Å². The summed E-state index contributed by atoms with van der Waals surface area (Å²) in [5.41, 5.74) is -0.887. The van der Waals surface area contributed by atoms with Crippen LogP contribution in [0.1, 0.15) is 55.3 Å². The maximum Gasteiger partial charge on any atom is 0.256 e. The van der Waals surface area contributed by atoms with Gasteiger partial charge in [0, 0.05) is 0 Å². The number of hydrogen-bond donors (Lipinski definition) is 3. The molecule has 1 saturated carbocycles. The van der Waals surface area contributed by atoms with Crippen LogP contribution in [0.3, 0.4) is 0 Å². The largest absolute Gasteiger partial charge is 0.504 e. The summed E-state index contributed by atoms with van der Waals surface area (Å²) in [5.74, 6) is -1.31. The molecule has 3 N–H and O–H groups in total. The highest BCUT2D eigenvalue weighted by Gasteiger charge is 2.33. The maximum atomic E-state index is 12.3. The number of phenolic OH excluding ortho intramolecular Hbond substituents is 2. The summed E-state index contributed by atoms with van der Waals surface area (Å²) in [6, 6.07) is 6.47. The van der Waals surface area contributed by atoms with Crippen molar-refractivity contribution in [2.24, 2.45) is 0 Å². The Morgan fingerprint density at radius 2 is 1.76 bits per heavy atom. The van der Waals surface area contributed by atoms with E-state index in [-0.39, 0.29) is 11.3 Å². The number of para-hydroxylation sites is 1. The maximum absolute atomic E-state index is 12.3. The molecule has 1 aromatic carbocycles. The number of phenols is 2. The summed E-state index contributed by atoms with van der Waals surface area (Å²) in [6.07, 6.45) is 6.35. The predicted octanol–water partition coefficient (Wildman–Crippen LogP) is 2.83. The van der Waals surface area contributed by atoms with E-state index in [9.17, 15) is 20.3 Å². The van der Waals surface area contributed by atoms with Gasteiger partial charge in [-0.25, -0.2) is 0 Å². The monoisotopic (exact) mass is 288 g/mol. The lowest BCUT2D eigenvalue weighted by molar-refractivity contribution is 0.0904. The first-order valence-corrected chi connectivity index (χ1v) is 7.33. The number of nitriles is 1. The molecule has 1 amide bonds. The van der Waals surface area contributed by atoms with Gasteiger partial charge in [-0.3, -0.25) is 4.79 Å². The SMILES string of the molecule is N#CC1(NC(=O)c2cccc(O)c2O)CCCCCCC1. The average molecular weight is 288 g/mol. The Morgan fingerprint density at radius 3 is 2.38 bits per heavy atom. The van der Waals surface area contributed by atoms with Gasteiger partial charge in [0.05, 0.1) is 11.6 Å². The van der Waals surface area contributed by atoms with Gasteiger partial charge in [0.2, 0.25) is 0 Å². The molecule has 0 heterocycles. The molecule has 21 heavy (non-hydrogen) atoms. The molecule has 5 heteroatoms. The first-order valence-electron chi connectivity index (χ1n) is 7.33. The fourth-order valence-electron chi connectivity index (χ4n) is 2.77. The molecule has 1 aliphatic carbocycles. The van der Waals surface area contributed by atoms with Gasteiger partial charge in [-0.1, -0.05) is 38.2 Å². The lowest BCUT2D eigenvalue weighted by Crippen LogP contribution is -2.47. The van der Waals surface area contributed by atoms with Gasteiger partial charge in [-0.05, 0) is 25.0 Å². The average Bonchev–Trinajstić information content (AvgIpc) is 2.45. The van der Waals surface area contributed by atoms with Crippen molar-refractivity contribution in [2.75, 3.05) is 0 Å². The van der Waals surface area contributed by atoms with Crippen LogP contribution < -0.4 is 5.32 Å². The third-order valence-corrected chi connectivity index (χ3v) is 4.03. The fourth-order valence-corrected chi connectivity index (χ4v) is 2.77. The molecule has 0 spiro atoms. The highest BCUT2D eigenvalue weighted by molar-refractivity contribution is 5.98. The second-order valence-electron chi connectivity index (χ2n) is 5.59. The molecular weight excluding hydrogens is 268 g/mol. The Hall–Kier alpha value is -2.22. The number of carbonyl (C=O) groups excluding carboxylic acids is 1. The minimum Gasteiger partial charge on any atom is -0.504 e. The zero-order valence-electron chi connectivity index (χ0n) is 11.9. The van der Waals surface area contributed by atoms with Gasteiger partial charge < -0.3 is 15.5 Å². The molecule has 112 valence electrons. The lowest BCUT2D eigenvalue weighted by Gasteiger charge is -2.29. The summed E-state index contributed by atoms with van der Waals surface area (Å²) >= 11 is 0. The van der Waals surface area contributed by atoms with Crippen molar-refractivity contribution in [3.8, 4) is 17.6 Å². The Morgan fingerprint density at radius 1 is 1.14 bits per heavy atom. The summed E-state index contributed by atoms with van der Waals surface area (Å²) in [7, 11) is 0. The van der Waals surface area contributed by atoms with Crippen LogP contribution in [0, 0.1) is 11.3 Å². The summed E-state index contributed by atoms with van der Waals surface area (Å²) in [5, 5.41) is 31.5. The number of aromatic hydroxyl groups is 2. The van der Waals surface area contributed by atoms with Crippen LogP contribution in [0.2, 0.25) is 0 Å². The molecule has 0 radical (unpaired) electrons. The summed E-state index contributed by atoms with van der Waals surface area (Å²) in [4.78, 5) is 12.3. The van der Waals surface area contributed by atoms with E-state index >= 15 is 0 Å². The molecule has 0 unspecified atom stereocenters. The molecule has 0 saturated heterocycles. The van der Waals surface area contributed by atoms with Gasteiger partial charge in [0.25, 0.3) is 5.91 Å². The van der Waals surface area contributed by atoms with E-state index in [1.165, 1.54) is 24.6 Å². The number of nitrogens with one attached hydrogen (secondary N) is 1. The van der Waals surface area contributed by atoms with E-state index < -0.39 is 17.2 Å². The Labute approximate surface area is 124 Å². The molecule has 1 aliphatic rings. The van der Waals surface area contributed by atoms with E-state index in [0.717, 1.165) is 25.7 Å². The van der Waals surface area contributed by atoms with Crippen molar-refractivity contribution in [1.29, 1.82) is 5.26 Å². The molecule has 1 aromatic rings. The Kier molecular flexibility index (Phi) is 4.69. The molecule has 0 bridgehead atoms. The van der Waals surface area contributed by atoms with Crippen LogP contribution >= 0.6 is 0 Å². The summed E-state index contributed by atoms with van der Waals surface area (Å²) in [6.45, 7) is 0. The minimum absolute atomic E-state index is 0.00770. The van der Waals surface area contributed by atoms with Crippen molar-refractivity contribution in [3.63, 3.8) is 0 Å². The number of amides is 1. The predicted molar refractivity (Wildman–Crippen MR) is 77.9 cm³/mol. The number of carbonyl (C=O) groups is 1. The van der Waals surface area contributed by atoms with Crippen molar-refractivity contribution in [2.45, 2.75) is 50.5 Å². The van der Waals surface area contributed by atoms with E-state index in [2.05, 4.69) is 11.4 Å². The van der Waals surface area contributed by atoms with Crippen LogP contribution in [0.5, 0.6) is 11.5 Å². The van der Waals surface area contributed by atoms with Crippen molar-refractivity contribution in [3.05, 3.63) is 23.8 Å². The highest BCUT2D eigenvalue weighted by Crippen LogP contribution is 2.30. The topological polar surface area (TPSA) is 93.4 Å². The molecule has 0 atom stereocenters. The van der Waals surface area contributed by atoms with Crippen LogP contribution in [0.4, 0.5) is 0 Å². The molecule has 0 aromatic heterocycles. The molecule has 0 aliphatic heterocycles. The standard InChI is InChI=1S/C16H20N2O3/c17-11-16(9-4-2-1-3-5-10-16)18-15(21)12-7-6-8-13(19)14(12)20/h6-8,19-20H,1-5,9-10H2,(H,18,21). The fraction of sp³-hybridized carbons (Fsp3) is 0.500. The molecular formula is C16H20N2O3. The lowest BCUT2D eigenvalue weighted by atomic mass is 9.85. The Balaban J connectivity index is 2.19. The molecule has 1 fully saturated rings. The first kappa shape index (κ1) is 15.2. The van der Waals surface area contributed by atoms with Gasteiger partial charge in [0.1, 0.15) is 5.54 Å². The number of nitrogens with zero attached hydrogens (tertiary/aromatic N) is 1. The second-order valence-corrected chi connectivity index (χ2v) is 5.59. The molecule has 2 rings (SSSR count). The molecule has 5 nitrogen and oxygen atoms in total.